The molecule has 2 atom stereocenters. The molecule has 1 fully saturated rings. The maximum atomic E-state index is 5.61. The average Bonchev–Trinajstić information content (AvgIpc) is 2.21. The first-order valence-electron chi connectivity index (χ1n) is 5.67. The summed E-state index contributed by atoms with van der Waals surface area (Å²) in [5.41, 5.74) is 0.708. The van der Waals surface area contributed by atoms with E-state index in [1.165, 1.54) is 12.8 Å². The molecule has 0 amide bonds. The average molecular weight is 199 g/mol. The smallest absolute Gasteiger partial charge is 0.0749 e. The third-order valence-electron chi connectivity index (χ3n) is 3.69. The van der Waals surface area contributed by atoms with Gasteiger partial charge < -0.3 is 10.1 Å². The fourth-order valence-corrected chi connectivity index (χ4v) is 2.78. The molecule has 14 heavy (non-hydrogen) atoms. The van der Waals surface area contributed by atoms with Gasteiger partial charge in [-0.05, 0) is 23.7 Å². The molecule has 1 N–H and O–H groups in total. The Hall–Kier alpha value is -0.0800. The number of ether oxygens (including phenoxy) is 1. The van der Waals surface area contributed by atoms with E-state index < -0.39 is 0 Å². The summed E-state index contributed by atoms with van der Waals surface area (Å²) < 4.78 is 5.61. The first kappa shape index (κ1) is 12.0. The lowest BCUT2D eigenvalue weighted by Crippen LogP contribution is -2.38. The monoisotopic (exact) mass is 199 g/mol. The Morgan fingerprint density at radius 3 is 2.50 bits per heavy atom. The van der Waals surface area contributed by atoms with Crippen molar-refractivity contribution in [2.24, 2.45) is 10.8 Å². The first-order valence-corrected chi connectivity index (χ1v) is 5.67. The molecule has 1 saturated heterocycles. The van der Waals surface area contributed by atoms with E-state index in [0.717, 1.165) is 13.1 Å². The third-order valence-corrected chi connectivity index (χ3v) is 3.69. The summed E-state index contributed by atoms with van der Waals surface area (Å²) in [6.07, 6.45) is 2.78. The molecule has 2 heteroatoms. The highest BCUT2D eigenvalue weighted by Crippen LogP contribution is 2.41. The molecule has 1 rings (SSSR count). The number of hydrogen-bond donors (Lipinski definition) is 1. The van der Waals surface area contributed by atoms with Gasteiger partial charge in [0.2, 0.25) is 0 Å². The van der Waals surface area contributed by atoms with Gasteiger partial charge in [0, 0.05) is 20.2 Å². The summed E-state index contributed by atoms with van der Waals surface area (Å²) in [5.74, 6) is 0. The molecule has 84 valence electrons. The zero-order valence-electron chi connectivity index (χ0n) is 10.3. The SMILES string of the molecule is CCC1(C)CC(C)(C)CNCC1OC. The lowest BCUT2D eigenvalue weighted by molar-refractivity contribution is -0.0129. The predicted molar refractivity (Wildman–Crippen MR) is 60.5 cm³/mol. The van der Waals surface area contributed by atoms with Gasteiger partial charge in [0.25, 0.3) is 0 Å². The van der Waals surface area contributed by atoms with E-state index >= 15 is 0 Å². The minimum atomic E-state index is 0.321. The second-order valence-corrected chi connectivity index (χ2v) is 5.70. The molecule has 1 heterocycles. The fraction of sp³-hybridized carbons (Fsp3) is 1.00. The Kier molecular flexibility index (Phi) is 3.59. The molecule has 0 aromatic carbocycles. The number of nitrogens with one attached hydrogen (secondary N) is 1. The molecule has 0 radical (unpaired) electrons. The van der Waals surface area contributed by atoms with E-state index in [1.54, 1.807) is 0 Å². The van der Waals surface area contributed by atoms with Gasteiger partial charge >= 0.3 is 0 Å². The highest BCUT2D eigenvalue weighted by molar-refractivity contribution is 4.92. The van der Waals surface area contributed by atoms with Crippen molar-refractivity contribution in [3.05, 3.63) is 0 Å². The predicted octanol–water partition coefficient (Wildman–Crippen LogP) is 2.44. The van der Waals surface area contributed by atoms with Crippen LogP contribution in [-0.2, 0) is 4.74 Å². The van der Waals surface area contributed by atoms with Gasteiger partial charge in [0.05, 0.1) is 6.10 Å². The second-order valence-electron chi connectivity index (χ2n) is 5.70. The van der Waals surface area contributed by atoms with Gasteiger partial charge in [-0.15, -0.1) is 0 Å². The van der Waals surface area contributed by atoms with Gasteiger partial charge in [-0.3, -0.25) is 0 Å². The van der Waals surface area contributed by atoms with Crippen molar-refractivity contribution in [3.8, 4) is 0 Å². The topological polar surface area (TPSA) is 21.3 Å². The van der Waals surface area contributed by atoms with Crippen LogP contribution in [0.1, 0.15) is 40.5 Å². The highest BCUT2D eigenvalue weighted by Gasteiger charge is 2.40. The molecule has 1 aliphatic rings. The van der Waals surface area contributed by atoms with E-state index in [-0.39, 0.29) is 0 Å². The van der Waals surface area contributed by atoms with E-state index in [0.29, 0.717) is 16.9 Å². The van der Waals surface area contributed by atoms with Gasteiger partial charge in [-0.1, -0.05) is 27.7 Å². The Morgan fingerprint density at radius 2 is 2.00 bits per heavy atom. The Balaban J connectivity index is 2.82. The van der Waals surface area contributed by atoms with Crippen LogP contribution < -0.4 is 5.32 Å². The second kappa shape index (κ2) is 4.19. The van der Waals surface area contributed by atoms with E-state index in [2.05, 4.69) is 33.0 Å². The van der Waals surface area contributed by atoms with E-state index in [1.807, 2.05) is 7.11 Å². The van der Waals surface area contributed by atoms with Crippen molar-refractivity contribution in [1.82, 2.24) is 5.32 Å². The zero-order valence-corrected chi connectivity index (χ0v) is 10.3. The molecule has 0 aromatic rings. The summed E-state index contributed by atoms with van der Waals surface area (Å²) >= 11 is 0. The van der Waals surface area contributed by atoms with Crippen LogP contribution in [-0.4, -0.2) is 26.3 Å². The maximum absolute atomic E-state index is 5.61. The summed E-state index contributed by atoms with van der Waals surface area (Å²) in [7, 11) is 1.83. The van der Waals surface area contributed by atoms with Gasteiger partial charge in [-0.2, -0.15) is 0 Å². The van der Waals surface area contributed by atoms with Crippen LogP contribution in [0.3, 0.4) is 0 Å². The van der Waals surface area contributed by atoms with Crippen LogP contribution in [0.5, 0.6) is 0 Å². The van der Waals surface area contributed by atoms with Gasteiger partial charge in [-0.25, -0.2) is 0 Å². The molecular weight excluding hydrogens is 174 g/mol. The Bertz CT molecular complexity index is 191. The van der Waals surface area contributed by atoms with Gasteiger partial charge in [0.1, 0.15) is 0 Å². The highest BCUT2D eigenvalue weighted by atomic mass is 16.5. The van der Waals surface area contributed by atoms with Crippen LogP contribution in [0.15, 0.2) is 0 Å². The molecule has 0 spiro atoms. The first-order chi connectivity index (χ1) is 6.43. The molecule has 2 unspecified atom stereocenters. The minimum absolute atomic E-state index is 0.321. The van der Waals surface area contributed by atoms with E-state index in [9.17, 15) is 0 Å². The van der Waals surface area contributed by atoms with Crippen LogP contribution in [0, 0.1) is 10.8 Å². The molecule has 0 saturated carbocycles. The quantitative estimate of drug-likeness (QED) is 0.737. The molecule has 0 aromatic heterocycles. The van der Waals surface area contributed by atoms with Crippen LogP contribution >= 0.6 is 0 Å². The fourth-order valence-electron chi connectivity index (χ4n) is 2.78. The third kappa shape index (κ3) is 2.48. The summed E-state index contributed by atoms with van der Waals surface area (Å²) in [4.78, 5) is 0. The lowest BCUT2D eigenvalue weighted by atomic mass is 9.70. The zero-order chi connectivity index (χ0) is 10.8. The number of methoxy groups -OCH3 is 1. The van der Waals surface area contributed by atoms with Crippen LogP contribution in [0.25, 0.3) is 0 Å². The molecule has 2 nitrogen and oxygen atoms in total. The van der Waals surface area contributed by atoms with Crippen molar-refractivity contribution in [3.63, 3.8) is 0 Å². The summed E-state index contributed by atoms with van der Waals surface area (Å²) in [6.45, 7) is 11.4. The van der Waals surface area contributed by atoms with Crippen molar-refractivity contribution in [2.75, 3.05) is 20.2 Å². The van der Waals surface area contributed by atoms with Crippen molar-refractivity contribution in [2.45, 2.75) is 46.6 Å². The largest absolute Gasteiger partial charge is 0.380 e. The van der Waals surface area contributed by atoms with Crippen LogP contribution in [0.4, 0.5) is 0 Å². The number of rotatable bonds is 2. The summed E-state index contributed by atoms with van der Waals surface area (Å²) in [5, 5.41) is 3.50. The summed E-state index contributed by atoms with van der Waals surface area (Å²) in [6, 6.07) is 0. The standard InChI is InChI=1S/C12H25NO/c1-6-12(4)8-11(2,3)9-13-7-10(12)14-5/h10,13H,6-9H2,1-5H3. The normalized spacial score (nSPS) is 37.9. The van der Waals surface area contributed by atoms with E-state index in [4.69, 9.17) is 4.74 Å². The molecular formula is C12H25NO. The lowest BCUT2D eigenvalue weighted by Gasteiger charge is -2.38. The Labute approximate surface area is 88.4 Å². The molecule has 1 aliphatic heterocycles. The Morgan fingerprint density at radius 1 is 1.36 bits per heavy atom. The van der Waals surface area contributed by atoms with Crippen molar-refractivity contribution < 1.29 is 4.74 Å². The number of hydrogen-bond acceptors (Lipinski definition) is 2. The van der Waals surface area contributed by atoms with Crippen molar-refractivity contribution >= 4 is 0 Å². The minimum Gasteiger partial charge on any atom is -0.380 e. The maximum Gasteiger partial charge on any atom is 0.0749 e. The van der Waals surface area contributed by atoms with Crippen LogP contribution in [0.2, 0.25) is 0 Å². The molecule has 0 aliphatic carbocycles. The van der Waals surface area contributed by atoms with Gasteiger partial charge in [0.15, 0.2) is 0 Å². The molecule has 0 bridgehead atoms. The van der Waals surface area contributed by atoms with Crippen molar-refractivity contribution in [1.29, 1.82) is 0 Å².